The van der Waals surface area contributed by atoms with E-state index in [0.717, 1.165) is 5.56 Å². The highest BCUT2D eigenvalue weighted by Crippen LogP contribution is 2.25. The number of phenolic OH excluding ortho intramolecular Hbond substituents is 1. The highest BCUT2D eigenvalue weighted by molar-refractivity contribution is 6.35. The van der Waals surface area contributed by atoms with E-state index in [9.17, 15) is 39.0 Å². The number of aromatic hydroxyl groups is 1. The third-order valence-electron chi connectivity index (χ3n) is 8.03. The van der Waals surface area contributed by atoms with Crippen molar-refractivity contribution in [3.8, 4) is 5.75 Å². The average molecular weight is 707 g/mol. The van der Waals surface area contributed by atoms with Crippen LogP contribution in [-0.2, 0) is 46.5 Å². The second-order valence-corrected chi connectivity index (χ2v) is 13.0. The molecule has 0 spiro atoms. The zero-order chi connectivity index (χ0) is 35.5. The molecule has 48 heavy (non-hydrogen) atoms. The van der Waals surface area contributed by atoms with Gasteiger partial charge < -0.3 is 35.3 Å². The first-order valence-electron chi connectivity index (χ1n) is 15.6. The molecule has 3 rings (SSSR count). The van der Waals surface area contributed by atoms with Crippen molar-refractivity contribution in [1.29, 1.82) is 0 Å². The molecule has 2 aromatic carbocycles. The first-order valence-corrected chi connectivity index (χ1v) is 16.4. The second kappa shape index (κ2) is 18.0. The summed E-state index contributed by atoms with van der Waals surface area (Å²) in [5.41, 5.74) is 1.17. The van der Waals surface area contributed by atoms with Crippen molar-refractivity contribution in [3.05, 3.63) is 63.6 Å². The van der Waals surface area contributed by atoms with Crippen LogP contribution in [0.4, 0.5) is 0 Å². The van der Waals surface area contributed by atoms with E-state index in [4.69, 9.17) is 27.9 Å². The fourth-order valence-corrected chi connectivity index (χ4v) is 6.01. The largest absolute Gasteiger partial charge is 0.508 e. The number of phenols is 1. The number of rotatable bonds is 17. The summed E-state index contributed by atoms with van der Waals surface area (Å²) in [6.45, 7) is 4.42. The number of hydrogen-bond acceptors (Lipinski definition) is 8. The molecule has 0 aliphatic carbocycles. The number of likely N-dealkylation sites (tertiary alicyclic amines) is 1. The lowest BCUT2D eigenvalue weighted by atomic mass is 9.92. The van der Waals surface area contributed by atoms with E-state index < -0.39 is 66.5 Å². The highest BCUT2D eigenvalue weighted by Gasteiger charge is 2.40. The Morgan fingerprint density at radius 3 is 2.21 bits per heavy atom. The zero-order valence-electron chi connectivity index (χ0n) is 27.0. The summed E-state index contributed by atoms with van der Waals surface area (Å²) in [7, 11) is 0. The molecule has 4 atom stereocenters. The van der Waals surface area contributed by atoms with Crippen LogP contribution in [0.1, 0.15) is 57.6 Å². The number of carboxylic acids is 1. The summed E-state index contributed by atoms with van der Waals surface area (Å²) < 4.78 is 5.45. The third-order valence-corrected chi connectivity index (χ3v) is 8.74. The minimum atomic E-state index is -1.43. The van der Waals surface area contributed by atoms with Gasteiger partial charge in [-0.25, -0.2) is 0 Å². The molecule has 12 nitrogen and oxygen atoms in total. The van der Waals surface area contributed by atoms with Gasteiger partial charge in [-0.05, 0) is 61.9 Å². The number of ketones is 2. The van der Waals surface area contributed by atoms with Crippen molar-refractivity contribution >= 4 is 58.5 Å². The number of carbonyl (C=O) groups excluding carboxylic acids is 5. The molecule has 0 bridgehead atoms. The Bertz CT molecular complexity index is 1480. The lowest BCUT2D eigenvalue weighted by Gasteiger charge is -2.32. The number of hydrogen-bond donors (Lipinski definition) is 4. The van der Waals surface area contributed by atoms with Crippen LogP contribution in [-0.4, -0.2) is 81.6 Å². The molecular formula is C34H41Cl2N3O9. The van der Waals surface area contributed by atoms with Crippen LogP contribution < -0.4 is 10.6 Å². The fraction of sp³-hybridized carbons (Fsp3) is 0.471. The molecule has 3 amide bonds. The van der Waals surface area contributed by atoms with E-state index in [2.05, 4.69) is 10.6 Å². The van der Waals surface area contributed by atoms with E-state index in [0.29, 0.717) is 22.0 Å². The monoisotopic (exact) mass is 705 g/mol. The van der Waals surface area contributed by atoms with Crippen LogP contribution in [0.2, 0.25) is 10.0 Å². The lowest BCUT2D eigenvalue weighted by molar-refractivity contribution is -0.145. The van der Waals surface area contributed by atoms with Crippen LogP contribution in [0.3, 0.4) is 0 Å². The summed E-state index contributed by atoms with van der Waals surface area (Å²) in [6, 6.07) is 7.66. The van der Waals surface area contributed by atoms with Crippen molar-refractivity contribution in [1.82, 2.24) is 15.5 Å². The Morgan fingerprint density at radius 2 is 1.62 bits per heavy atom. The first-order chi connectivity index (χ1) is 22.7. The van der Waals surface area contributed by atoms with Crippen molar-refractivity contribution < 1.29 is 43.7 Å². The van der Waals surface area contributed by atoms with Crippen LogP contribution in [0.15, 0.2) is 42.5 Å². The summed E-state index contributed by atoms with van der Waals surface area (Å²) in [5, 5.41) is 25.0. The maximum Gasteiger partial charge on any atom is 0.305 e. The molecule has 0 radical (unpaired) electrons. The number of amides is 3. The van der Waals surface area contributed by atoms with Gasteiger partial charge in [0, 0.05) is 34.5 Å². The summed E-state index contributed by atoms with van der Waals surface area (Å²) in [6.07, 6.45) is 0.169. The molecular weight excluding hydrogens is 665 g/mol. The van der Waals surface area contributed by atoms with E-state index in [1.807, 2.05) is 0 Å². The Labute approximate surface area is 289 Å². The number of carboxylic acid groups (broad SMARTS) is 1. The molecule has 1 saturated heterocycles. The number of nitrogens with zero attached hydrogens (tertiary/aromatic N) is 1. The first kappa shape index (κ1) is 38.4. The minimum absolute atomic E-state index is 0.0609. The van der Waals surface area contributed by atoms with Gasteiger partial charge in [-0.2, -0.15) is 0 Å². The number of aliphatic carboxylic acids is 1. The standard InChI is InChI=1S/C34H41Cl2N3O9/c1-19(2)31(38-32(45)22(14-20(3)40)15-21-9-11-23(41)12-10-21)34(47)39-13-5-8-28(39)33(46)37-27(16-30(43)44)29(42)18-48-17-24-25(35)6-4-7-26(24)36/h4,6-7,9-12,19,22,27-28,31,41H,5,8,13-18H2,1-3H3,(H,37,46)(H,38,45)(H,43,44)/t22-,27-,28-,31-/m0/s1. The van der Waals surface area contributed by atoms with Crippen molar-refractivity contribution in [2.24, 2.45) is 11.8 Å². The summed E-state index contributed by atoms with van der Waals surface area (Å²) in [5.74, 6) is -5.04. The number of nitrogens with one attached hydrogen (secondary N) is 2. The molecule has 2 aromatic rings. The Kier molecular flexibility index (Phi) is 14.4. The zero-order valence-corrected chi connectivity index (χ0v) is 28.6. The number of halogens is 2. The van der Waals surface area contributed by atoms with Crippen molar-refractivity contribution in [3.63, 3.8) is 0 Å². The SMILES string of the molecule is CC(=O)C[C@@H](Cc1ccc(O)cc1)C(=O)N[C@H](C(=O)N1CCC[C@H]1C(=O)N[C@@H](CC(=O)O)C(=O)COCc1c(Cl)cccc1Cl)C(C)C. The smallest absolute Gasteiger partial charge is 0.305 e. The molecule has 260 valence electrons. The van der Waals surface area contributed by atoms with Crippen molar-refractivity contribution in [2.45, 2.75) is 77.6 Å². The Hall–Kier alpha value is -4.00. The van der Waals surface area contributed by atoms with Gasteiger partial charge in [0.15, 0.2) is 5.78 Å². The van der Waals surface area contributed by atoms with Crippen LogP contribution >= 0.6 is 23.2 Å². The van der Waals surface area contributed by atoms with E-state index in [-0.39, 0.29) is 49.9 Å². The Morgan fingerprint density at radius 1 is 0.979 bits per heavy atom. The number of Topliss-reactive ketones (excluding diaryl/α,β-unsaturated/α-hetero) is 2. The molecule has 1 aliphatic rings. The van der Waals surface area contributed by atoms with Gasteiger partial charge in [0.25, 0.3) is 0 Å². The van der Waals surface area contributed by atoms with E-state index >= 15 is 0 Å². The number of benzene rings is 2. The Balaban J connectivity index is 1.69. The molecule has 0 saturated carbocycles. The van der Waals surface area contributed by atoms with Crippen LogP contribution in [0, 0.1) is 11.8 Å². The topological polar surface area (TPSA) is 179 Å². The molecule has 1 fully saturated rings. The van der Waals surface area contributed by atoms with Crippen LogP contribution in [0.5, 0.6) is 5.75 Å². The van der Waals surface area contributed by atoms with Crippen LogP contribution in [0.25, 0.3) is 0 Å². The molecule has 4 N–H and O–H groups in total. The quantitative estimate of drug-likeness (QED) is 0.191. The fourth-order valence-electron chi connectivity index (χ4n) is 5.50. The maximum absolute atomic E-state index is 13.8. The maximum atomic E-state index is 13.8. The summed E-state index contributed by atoms with van der Waals surface area (Å²) >= 11 is 12.3. The second-order valence-electron chi connectivity index (χ2n) is 12.2. The number of carbonyl (C=O) groups is 6. The van der Waals surface area contributed by atoms with E-state index in [1.54, 1.807) is 44.2 Å². The molecule has 0 unspecified atom stereocenters. The van der Waals surface area contributed by atoms with Gasteiger partial charge in [0.2, 0.25) is 17.7 Å². The molecule has 1 aliphatic heterocycles. The molecule has 0 aromatic heterocycles. The minimum Gasteiger partial charge on any atom is -0.508 e. The number of ether oxygens (including phenoxy) is 1. The predicted octanol–water partition coefficient (Wildman–Crippen LogP) is 3.71. The van der Waals surface area contributed by atoms with Gasteiger partial charge in [0.05, 0.1) is 13.0 Å². The lowest BCUT2D eigenvalue weighted by Crippen LogP contribution is -2.57. The molecule has 1 heterocycles. The van der Waals surface area contributed by atoms with E-state index in [1.165, 1.54) is 24.0 Å². The van der Waals surface area contributed by atoms with Gasteiger partial charge >= 0.3 is 5.97 Å². The highest BCUT2D eigenvalue weighted by atomic mass is 35.5. The third kappa shape index (κ3) is 11.0. The van der Waals surface area contributed by atoms with Gasteiger partial charge in [-0.1, -0.05) is 55.2 Å². The molecule has 14 heteroatoms. The summed E-state index contributed by atoms with van der Waals surface area (Å²) in [4.78, 5) is 78.6. The van der Waals surface area contributed by atoms with Gasteiger partial charge in [-0.3, -0.25) is 24.0 Å². The normalized spacial score (nSPS) is 16.2. The van der Waals surface area contributed by atoms with Gasteiger partial charge in [-0.15, -0.1) is 0 Å². The average Bonchev–Trinajstić information content (AvgIpc) is 3.51. The van der Waals surface area contributed by atoms with Crippen molar-refractivity contribution in [2.75, 3.05) is 13.2 Å². The predicted molar refractivity (Wildman–Crippen MR) is 177 cm³/mol. The van der Waals surface area contributed by atoms with Gasteiger partial charge in [0.1, 0.15) is 36.3 Å².